The molecule has 0 unspecified atom stereocenters. The molecule has 0 aliphatic heterocycles. The first-order valence-electron chi connectivity index (χ1n) is 7.08. The van der Waals surface area contributed by atoms with E-state index in [-0.39, 0.29) is 6.03 Å². The Balaban J connectivity index is 1.48. The van der Waals surface area contributed by atoms with E-state index in [1.807, 2.05) is 40.5 Å². The number of hydrogen-bond acceptors (Lipinski definition) is 3. The van der Waals surface area contributed by atoms with Gasteiger partial charge in [-0.2, -0.15) is 16.4 Å². The summed E-state index contributed by atoms with van der Waals surface area (Å²) in [4.78, 5) is 11.8. The van der Waals surface area contributed by atoms with Gasteiger partial charge in [-0.15, -0.1) is 0 Å². The van der Waals surface area contributed by atoms with E-state index < -0.39 is 0 Å². The van der Waals surface area contributed by atoms with Crippen molar-refractivity contribution in [2.24, 2.45) is 0 Å². The monoisotopic (exact) mass is 346 g/mol. The molecule has 1 aromatic carbocycles. The van der Waals surface area contributed by atoms with Gasteiger partial charge >= 0.3 is 6.03 Å². The van der Waals surface area contributed by atoms with E-state index >= 15 is 0 Å². The second-order valence-corrected chi connectivity index (χ2v) is 6.02. The maximum atomic E-state index is 11.8. The molecular formula is C16H15ClN4OS. The Morgan fingerprint density at radius 1 is 1.26 bits per heavy atom. The van der Waals surface area contributed by atoms with Crippen molar-refractivity contribution >= 4 is 34.7 Å². The second kappa shape index (κ2) is 7.30. The number of carbonyl (C=O) groups is 1. The highest BCUT2D eigenvalue weighted by Gasteiger charge is 2.05. The smallest absolute Gasteiger partial charge is 0.319 e. The molecule has 7 heteroatoms. The van der Waals surface area contributed by atoms with Crippen molar-refractivity contribution in [2.75, 3.05) is 11.9 Å². The third-order valence-corrected chi connectivity index (χ3v) is 4.22. The molecule has 3 aromatic rings. The summed E-state index contributed by atoms with van der Waals surface area (Å²) < 4.78 is 1.81. The van der Waals surface area contributed by atoms with Crippen LogP contribution in [0.4, 0.5) is 10.5 Å². The summed E-state index contributed by atoms with van der Waals surface area (Å²) in [5, 5.41) is 14.6. The molecule has 0 radical (unpaired) electrons. The van der Waals surface area contributed by atoms with E-state index in [0.29, 0.717) is 23.8 Å². The van der Waals surface area contributed by atoms with Crippen molar-refractivity contribution in [1.82, 2.24) is 15.1 Å². The van der Waals surface area contributed by atoms with Gasteiger partial charge in [0.1, 0.15) is 0 Å². The van der Waals surface area contributed by atoms with Crippen molar-refractivity contribution < 1.29 is 4.79 Å². The van der Waals surface area contributed by atoms with Gasteiger partial charge in [-0.3, -0.25) is 4.68 Å². The molecule has 0 aliphatic carbocycles. The van der Waals surface area contributed by atoms with Gasteiger partial charge in [-0.1, -0.05) is 23.7 Å². The van der Waals surface area contributed by atoms with Gasteiger partial charge < -0.3 is 10.6 Å². The molecule has 118 valence electrons. The highest BCUT2D eigenvalue weighted by molar-refractivity contribution is 7.08. The molecule has 0 atom stereocenters. The summed E-state index contributed by atoms with van der Waals surface area (Å²) in [5.41, 5.74) is 2.63. The third-order valence-electron chi connectivity index (χ3n) is 3.21. The minimum absolute atomic E-state index is 0.289. The maximum Gasteiger partial charge on any atom is 0.319 e. The number of halogens is 1. The Kier molecular flexibility index (Phi) is 4.95. The Bertz CT molecular complexity index is 785. The highest BCUT2D eigenvalue weighted by atomic mass is 35.5. The van der Waals surface area contributed by atoms with Crippen molar-refractivity contribution in [3.05, 3.63) is 58.4 Å². The van der Waals surface area contributed by atoms with Crippen LogP contribution in [-0.2, 0) is 6.54 Å². The van der Waals surface area contributed by atoms with E-state index in [2.05, 4.69) is 21.1 Å². The van der Waals surface area contributed by atoms with E-state index in [1.165, 1.54) is 0 Å². The summed E-state index contributed by atoms with van der Waals surface area (Å²) >= 11 is 7.64. The molecule has 2 amide bonds. The Morgan fingerprint density at radius 2 is 2.13 bits per heavy atom. The molecule has 2 N–H and O–H groups in total. The van der Waals surface area contributed by atoms with Crippen LogP contribution in [0.1, 0.15) is 0 Å². The minimum atomic E-state index is -0.289. The second-order valence-electron chi connectivity index (χ2n) is 4.84. The van der Waals surface area contributed by atoms with Gasteiger partial charge in [0.05, 0.1) is 22.9 Å². The number of urea groups is 1. The predicted octanol–water partition coefficient (Wildman–Crippen LogP) is 4.09. The number of aromatic nitrogens is 2. The van der Waals surface area contributed by atoms with Crippen molar-refractivity contribution in [1.29, 1.82) is 0 Å². The van der Waals surface area contributed by atoms with Crippen LogP contribution in [0.5, 0.6) is 0 Å². The van der Waals surface area contributed by atoms with Crippen LogP contribution in [0, 0.1) is 0 Å². The van der Waals surface area contributed by atoms with E-state index in [9.17, 15) is 4.79 Å². The Labute approximate surface area is 142 Å². The summed E-state index contributed by atoms with van der Waals surface area (Å²) in [6.07, 6.45) is 1.90. The lowest BCUT2D eigenvalue weighted by atomic mass is 10.2. The van der Waals surface area contributed by atoms with Crippen LogP contribution >= 0.6 is 22.9 Å². The average Bonchev–Trinajstić information content (AvgIpc) is 3.20. The number of amides is 2. The molecule has 0 saturated carbocycles. The highest BCUT2D eigenvalue weighted by Crippen LogP contribution is 2.20. The van der Waals surface area contributed by atoms with Gasteiger partial charge in [0, 0.05) is 23.7 Å². The molecule has 0 saturated heterocycles. The summed E-state index contributed by atoms with van der Waals surface area (Å²) in [5.74, 6) is 0. The average molecular weight is 347 g/mol. The Hall–Kier alpha value is -2.31. The number of carbonyl (C=O) groups excluding carboxylic acids is 1. The van der Waals surface area contributed by atoms with Gasteiger partial charge in [0.2, 0.25) is 0 Å². The summed E-state index contributed by atoms with van der Waals surface area (Å²) in [6.45, 7) is 1.07. The number of anilines is 1. The maximum absolute atomic E-state index is 11.8. The molecular weight excluding hydrogens is 332 g/mol. The lowest BCUT2D eigenvalue weighted by Gasteiger charge is -2.08. The summed E-state index contributed by atoms with van der Waals surface area (Å²) in [6, 6.07) is 10.8. The number of nitrogens with zero attached hydrogens (tertiary/aromatic N) is 2. The van der Waals surface area contributed by atoms with Crippen molar-refractivity contribution in [3.63, 3.8) is 0 Å². The molecule has 0 aliphatic rings. The van der Waals surface area contributed by atoms with E-state index in [1.54, 1.807) is 23.5 Å². The van der Waals surface area contributed by atoms with Crippen LogP contribution in [-0.4, -0.2) is 22.4 Å². The summed E-state index contributed by atoms with van der Waals surface area (Å²) in [7, 11) is 0. The number of nitrogens with one attached hydrogen (secondary N) is 2. The molecule has 0 spiro atoms. The molecule has 2 aromatic heterocycles. The lowest BCUT2D eigenvalue weighted by Crippen LogP contribution is -2.31. The van der Waals surface area contributed by atoms with Crippen LogP contribution in [0.15, 0.2) is 53.4 Å². The predicted molar refractivity (Wildman–Crippen MR) is 94.0 cm³/mol. The van der Waals surface area contributed by atoms with Gasteiger partial charge in [0.25, 0.3) is 0 Å². The Morgan fingerprint density at radius 3 is 2.91 bits per heavy atom. The molecule has 0 fully saturated rings. The number of rotatable bonds is 5. The third kappa shape index (κ3) is 4.12. The number of thiophene rings is 1. The quantitative estimate of drug-likeness (QED) is 0.731. The topological polar surface area (TPSA) is 59.0 Å². The fourth-order valence-electron chi connectivity index (χ4n) is 2.06. The molecule has 2 heterocycles. The van der Waals surface area contributed by atoms with Crippen LogP contribution < -0.4 is 10.6 Å². The standard InChI is InChI=1S/C16H15ClN4OS/c17-13-3-1-2-4-15(13)19-16(22)18-7-9-21-8-5-14(20-21)12-6-10-23-11-12/h1-6,8,10-11H,7,9H2,(H2,18,19,22). The molecule has 23 heavy (non-hydrogen) atoms. The van der Waals surface area contributed by atoms with E-state index in [4.69, 9.17) is 11.6 Å². The molecule has 0 bridgehead atoms. The SMILES string of the molecule is O=C(NCCn1ccc(-c2ccsc2)n1)Nc1ccccc1Cl. The zero-order valence-corrected chi connectivity index (χ0v) is 13.8. The first-order valence-corrected chi connectivity index (χ1v) is 8.40. The minimum Gasteiger partial charge on any atom is -0.336 e. The van der Waals surface area contributed by atoms with E-state index in [0.717, 1.165) is 11.3 Å². The number of benzene rings is 1. The zero-order chi connectivity index (χ0) is 16.1. The van der Waals surface area contributed by atoms with Gasteiger partial charge in [0.15, 0.2) is 0 Å². The first-order chi connectivity index (χ1) is 11.2. The van der Waals surface area contributed by atoms with Crippen LogP contribution in [0.25, 0.3) is 11.3 Å². The largest absolute Gasteiger partial charge is 0.336 e. The molecule has 5 nitrogen and oxygen atoms in total. The zero-order valence-electron chi connectivity index (χ0n) is 12.2. The van der Waals surface area contributed by atoms with Gasteiger partial charge in [-0.05, 0) is 29.6 Å². The van der Waals surface area contributed by atoms with Crippen molar-refractivity contribution in [2.45, 2.75) is 6.54 Å². The lowest BCUT2D eigenvalue weighted by molar-refractivity contribution is 0.251. The molecule has 3 rings (SSSR count). The van der Waals surface area contributed by atoms with Crippen LogP contribution in [0.2, 0.25) is 5.02 Å². The number of hydrogen-bond donors (Lipinski definition) is 2. The normalized spacial score (nSPS) is 10.5. The van der Waals surface area contributed by atoms with Gasteiger partial charge in [-0.25, -0.2) is 4.79 Å². The van der Waals surface area contributed by atoms with Crippen molar-refractivity contribution in [3.8, 4) is 11.3 Å². The first kappa shape index (κ1) is 15.6. The fraction of sp³-hybridized carbons (Fsp3) is 0.125. The van der Waals surface area contributed by atoms with Crippen LogP contribution in [0.3, 0.4) is 0 Å². The number of para-hydroxylation sites is 1. The fourth-order valence-corrected chi connectivity index (χ4v) is 2.90.